The molecular weight excluding hydrogens is 344 g/mol. The van der Waals surface area contributed by atoms with Crippen LogP contribution in [-0.4, -0.2) is 0 Å². The molecule has 0 N–H and O–H groups in total. The predicted molar refractivity (Wildman–Crippen MR) is 102 cm³/mol. The molecule has 4 heteroatoms. The summed E-state index contributed by atoms with van der Waals surface area (Å²) in [5.41, 5.74) is 1.63. The van der Waals surface area contributed by atoms with Gasteiger partial charge in [-0.05, 0) is 35.2 Å². The third-order valence-corrected chi connectivity index (χ3v) is 9.25. The largest absolute Gasteiger partial charge is 0.0798 e. The zero-order chi connectivity index (χ0) is 15.3. The van der Waals surface area contributed by atoms with Crippen molar-refractivity contribution in [3.63, 3.8) is 0 Å². The van der Waals surface area contributed by atoms with Gasteiger partial charge in [0, 0.05) is 19.6 Å². The molecule has 0 nitrogen and oxygen atoms in total. The monoisotopic (exact) mass is 360 g/mol. The van der Waals surface area contributed by atoms with Gasteiger partial charge in [0.25, 0.3) is 0 Å². The third kappa shape index (κ3) is 2.75. The van der Waals surface area contributed by atoms with Crippen LogP contribution in [0.3, 0.4) is 0 Å². The topological polar surface area (TPSA) is 0 Å². The van der Waals surface area contributed by atoms with E-state index in [4.69, 9.17) is 0 Å². The fourth-order valence-electron chi connectivity index (χ4n) is 2.37. The van der Waals surface area contributed by atoms with Gasteiger partial charge in [0.1, 0.15) is 0 Å². The average molecular weight is 361 g/mol. The van der Waals surface area contributed by atoms with E-state index in [1.54, 1.807) is 0 Å². The summed E-state index contributed by atoms with van der Waals surface area (Å²) in [5.74, 6) is 0. The van der Waals surface area contributed by atoms with Crippen LogP contribution in [0.1, 0.15) is 26.3 Å². The van der Waals surface area contributed by atoms with E-state index in [-0.39, 0.29) is 5.41 Å². The van der Waals surface area contributed by atoms with Gasteiger partial charge >= 0.3 is 0 Å². The normalized spacial score (nSPS) is 16.9. The van der Waals surface area contributed by atoms with Crippen molar-refractivity contribution in [2.45, 2.75) is 45.8 Å². The summed E-state index contributed by atoms with van der Waals surface area (Å²) in [4.78, 5) is 5.60. The highest BCUT2D eigenvalue weighted by atomic mass is 32.2. The van der Waals surface area contributed by atoms with Crippen molar-refractivity contribution in [1.82, 2.24) is 0 Å². The van der Waals surface area contributed by atoms with Crippen molar-refractivity contribution in [3.05, 3.63) is 56.5 Å². The molecule has 0 fully saturated rings. The Morgan fingerprint density at radius 1 is 0.636 bits per heavy atom. The number of rotatable bonds is 0. The number of fused-ring (bicyclic) bond motifs is 2. The molecule has 2 aliphatic rings. The van der Waals surface area contributed by atoms with Crippen molar-refractivity contribution >= 4 is 47.0 Å². The standard InChI is InChI=1S/C18H16S4/c1-18(2,3)11-8-9-14-15(10-11)22-17(21-14)16-19-12-6-4-5-7-13(12)20-16/h4-10H,1-3H3. The Labute approximate surface area is 148 Å². The first-order chi connectivity index (χ1) is 10.5. The SMILES string of the molecule is CC(C)(C)c1ccc2c(c1)SC(=C1Sc3ccccc3S1)S2. The second-order valence-corrected chi connectivity index (χ2v) is 11.1. The van der Waals surface area contributed by atoms with Gasteiger partial charge < -0.3 is 0 Å². The van der Waals surface area contributed by atoms with Crippen LogP contribution >= 0.6 is 47.0 Å². The van der Waals surface area contributed by atoms with E-state index in [2.05, 4.69) is 63.2 Å². The highest BCUT2D eigenvalue weighted by Gasteiger charge is 2.27. The Bertz CT molecular complexity index is 757. The van der Waals surface area contributed by atoms with Gasteiger partial charge in [0.2, 0.25) is 0 Å². The van der Waals surface area contributed by atoms with E-state index in [1.807, 2.05) is 47.0 Å². The van der Waals surface area contributed by atoms with Crippen LogP contribution in [0.15, 0.2) is 70.5 Å². The lowest BCUT2D eigenvalue weighted by atomic mass is 9.87. The molecule has 0 spiro atoms. The Morgan fingerprint density at radius 2 is 1.14 bits per heavy atom. The van der Waals surface area contributed by atoms with Crippen molar-refractivity contribution in [1.29, 1.82) is 0 Å². The maximum atomic E-state index is 2.37. The fraction of sp³-hybridized carbons (Fsp3) is 0.222. The average Bonchev–Trinajstić information content (AvgIpc) is 3.08. The van der Waals surface area contributed by atoms with Gasteiger partial charge in [0.05, 0.1) is 8.47 Å². The zero-order valence-electron chi connectivity index (χ0n) is 12.7. The van der Waals surface area contributed by atoms with E-state index in [9.17, 15) is 0 Å². The molecule has 112 valence electrons. The van der Waals surface area contributed by atoms with E-state index in [1.165, 1.54) is 33.6 Å². The van der Waals surface area contributed by atoms with Crippen LogP contribution in [0, 0.1) is 0 Å². The van der Waals surface area contributed by atoms with Crippen LogP contribution in [-0.2, 0) is 5.41 Å². The summed E-state index contributed by atoms with van der Waals surface area (Å²) in [6, 6.07) is 15.6. The molecule has 0 saturated carbocycles. The van der Waals surface area contributed by atoms with E-state index >= 15 is 0 Å². The smallest absolute Gasteiger partial charge is 0.0706 e. The number of thioether (sulfide) groups is 4. The molecule has 0 bridgehead atoms. The molecule has 2 aromatic carbocycles. The summed E-state index contributed by atoms with van der Waals surface area (Å²) >= 11 is 7.69. The Kier molecular flexibility index (Phi) is 3.84. The molecule has 4 rings (SSSR count). The third-order valence-electron chi connectivity index (χ3n) is 3.64. The maximum absolute atomic E-state index is 2.37. The maximum Gasteiger partial charge on any atom is 0.0706 e. The number of hydrogen-bond acceptors (Lipinski definition) is 4. The molecule has 0 radical (unpaired) electrons. The van der Waals surface area contributed by atoms with Crippen LogP contribution in [0.5, 0.6) is 0 Å². The molecule has 0 atom stereocenters. The minimum atomic E-state index is 0.212. The molecule has 2 heterocycles. The summed E-state index contributed by atoms with van der Waals surface area (Å²) in [6.45, 7) is 6.83. The van der Waals surface area contributed by atoms with Gasteiger partial charge in [-0.3, -0.25) is 0 Å². The molecular formula is C18H16S4. The lowest BCUT2D eigenvalue weighted by Crippen LogP contribution is -2.10. The van der Waals surface area contributed by atoms with Gasteiger partial charge in [-0.2, -0.15) is 0 Å². The molecule has 2 aromatic rings. The first-order valence-electron chi connectivity index (χ1n) is 7.20. The highest BCUT2D eigenvalue weighted by molar-refractivity contribution is 8.30. The minimum Gasteiger partial charge on any atom is -0.0798 e. The number of hydrogen-bond donors (Lipinski definition) is 0. The summed E-state index contributed by atoms with van der Waals surface area (Å²) < 4.78 is 2.87. The minimum absolute atomic E-state index is 0.212. The Balaban J connectivity index is 1.65. The van der Waals surface area contributed by atoms with Crippen LogP contribution in [0.25, 0.3) is 0 Å². The molecule has 0 saturated heterocycles. The molecule has 0 unspecified atom stereocenters. The van der Waals surface area contributed by atoms with E-state index < -0.39 is 0 Å². The van der Waals surface area contributed by atoms with Crippen molar-refractivity contribution in [2.24, 2.45) is 0 Å². The quantitative estimate of drug-likeness (QED) is 0.486. The second-order valence-electron chi connectivity index (χ2n) is 6.34. The lowest BCUT2D eigenvalue weighted by molar-refractivity contribution is 0.588. The molecule has 0 aromatic heterocycles. The van der Waals surface area contributed by atoms with Crippen molar-refractivity contribution in [2.75, 3.05) is 0 Å². The van der Waals surface area contributed by atoms with Crippen molar-refractivity contribution in [3.8, 4) is 0 Å². The summed E-state index contributed by atoms with van der Waals surface area (Å²) in [6.07, 6.45) is 0. The van der Waals surface area contributed by atoms with E-state index in [0.717, 1.165) is 0 Å². The van der Waals surface area contributed by atoms with Crippen LogP contribution < -0.4 is 0 Å². The van der Waals surface area contributed by atoms with Crippen LogP contribution in [0.2, 0.25) is 0 Å². The first kappa shape index (κ1) is 15.1. The molecule has 2 aliphatic heterocycles. The molecule has 22 heavy (non-hydrogen) atoms. The second kappa shape index (κ2) is 5.59. The summed E-state index contributed by atoms with van der Waals surface area (Å²) in [5, 5.41) is 0. The highest BCUT2D eigenvalue weighted by Crippen LogP contribution is 2.61. The van der Waals surface area contributed by atoms with Crippen molar-refractivity contribution < 1.29 is 0 Å². The lowest BCUT2D eigenvalue weighted by Gasteiger charge is -2.19. The van der Waals surface area contributed by atoms with Crippen LogP contribution in [0.4, 0.5) is 0 Å². The Hall–Kier alpha value is -0.420. The predicted octanol–water partition coefficient (Wildman–Crippen LogP) is 7.21. The fourth-order valence-corrected chi connectivity index (χ4v) is 7.69. The van der Waals surface area contributed by atoms with Gasteiger partial charge in [-0.25, -0.2) is 0 Å². The number of benzene rings is 2. The zero-order valence-corrected chi connectivity index (χ0v) is 15.9. The van der Waals surface area contributed by atoms with Gasteiger partial charge in [-0.15, -0.1) is 0 Å². The van der Waals surface area contributed by atoms with Gasteiger partial charge in [0.15, 0.2) is 0 Å². The molecule has 0 aliphatic carbocycles. The summed E-state index contributed by atoms with van der Waals surface area (Å²) in [7, 11) is 0. The van der Waals surface area contributed by atoms with Gasteiger partial charge in [-0.1, -0.05) is 86.0 Å². The first-order valence-corrected chi connectivity index (χ1v) is 10.5. The Morgan fingerprint density at radius 3 is 1.68 bits per heavy atom. The van der Waals surface area contributed by atoms with E-state index in [0.29, 0.717) is 0 Å². The molecule has 0 amide bonds.